The van der Waals surface area contributed by atoms with Crippen molar-refractivity contribution in [3.05, 3.63) is 40.5 Å². The number of rotatable bonds is 5. The van der Waals surface area contributed by atoms with Gasteiger partial charge in [-0.05, 0) is 32.6 Å². The van der Waals surface area contributed by atoms with E-state index in [4.69, 9.17) is 16.1 Å². The molecule has 140 valence electrons. The van der Waals surface area contributed by atoms with Gasteiger partial charge in [0.05, 0.1) is 17.9 Å². The van der Waals surface area contributed by atoms with E-state index in [-0.39, 0.29) is 6.04 Å². The average Bonchev–Trinajstić information content (AvgIpc) is 3.06. The normalized spacial score (nSPS) is 19.6. The fourth-order valence-electron chi connectivity index (χ4n) is 3.52. The number of hydrogen-bond acceptors (Lipinski definition) is 7. The van der Waals surface area contributed by atoms with Crippen molar-refractivity contribution in [3.63, 3.8) is 0 Å². The van der Waals surface area contributed by atoms with Gasteiger partial charge in [-0.1, -0.05) is 16.8 Å². The van der Waals surface area contributed by atoms with Crippen molar-refractivity contribution in [2.24, 2.45) is 0 Å². The maximum Gasteiger partial charge on any atom is 0.228 e. The van der Waals surface area contributed by atoms with E-state index in [1.807, 2.05) is 13.0 Å². The van der Waals surface area contributed by atoms with Crippen molar-refractivity contribution in [2.75, 3.05) is 16.8 Å². The second-order valence-electron chi connectivity index (χ2n) is 7.21. The van der Waals surface area contributed by atoms with E-state index < -0.39 is 0 Å². The maximum atomic E-state index is 6.29. The summed E-state index contributed by atoms with van der Waals surface area (Å²) in [7, 11) is 0. The van der Waals surface area contributed by atoms with Crippen LogP contribution in [0.5, 0.6) is 0 Å². The molecule has 1 aliphatic heterocycles. The largest absolute Gasteiger partial charge is 0.359 e. The van der Waals surface area contributed by atoms with Crippen LogP contribution in [-0.2, 0) is 0 Å². The summed E-state index contributed by atoms with van der Waals surface area (Å²) in [5, 5.41) is 14.9. The Bertz CT molecular complexity index is 964. The van der Waals surface area contributed by atoms with Gasteiger partial charge in [-0.2, -0.15) is 10.1 Å². The second kappa shape index (κ2) is 6.53. The van der Waals surface area contributed by atoms with E-state index in [1.54, 1.807) is 6.20 Å². The lowest BCUT2D eigenvalue weighted by atomic mass is 10.1. The van der Waals surface area contributed by atoms with Crippen LogP contribution in [0.2, 0.25) is 5.02 Å². The Balaban J connectivity index is 1.41. The van der Waals surface area contributed by atoms with Gasteiger partial charge >= 0.3 is 0 Å². The van der Waals surface area contributed by atoms with Gasteiger partial charge in [-0.3, -0.25) is 5.10 Å². The molecule has 0 radical (unpaired) electrons. The lowest BCUT2D eigenvalue weighted by Crippen LogP contribution is -2.24. The maximum absolute atomic E-state index is 6.29. The fraction of sp³-hybridized carbons (Fsp3) is 0.444. The molecule has 8 nitrogen and oxygen atoms in total. The van der Waals surface area contributed by atoms with Gasteiger partial charge in [0.25, 0.3) is 0 Å². The minimum Gasteiger partial charge on any atom is -0.359 e. The summed E-state index contributed by atoms with van der Waals surface area (Å²) in [6, 6.07) is 4.10. The molecule has 9 heteroatoms. The molecule has 1 atom stereocenters. The number of anilines is 3. The van der Waals surface area contributed by atoms with E-state index in [1.165, 1.54) is 12.8 Å². The van der Waals surface area contributed by atoms with Crippen molar-refractivity contribution in [1.29, 1.82) is 0 Å². The van der Waals surface area contributed by atoms with Gasteiger partial charge in [0, 0.05) is 30.3 Å². The van der Waals surface area contributed by atoms with Crippen LogP contribution >= 0.6 is 11.6 Å². The number of H-pyrrole nitrogens is 1. The SMILES string of the molecule is Cc1cc(Nc2nc(N3CCCC3c3cc(C4CC4)no3)ncc2Cl)n[nH]1. The third-order valence-electron chi connectivity index (χ3n) is 5.06. The summed E-state index contributed by atoms with van der Waals surface area (Å²) < 4.78 is 5.65. The topological polar surface area (TPSA) is 95.8 Å². The molecule has 2 N–H and O–H groups in total. The van der Waals surface area contributed by atoms with Crippen molar-refractivity contribution >= 4 is 29.2 Å². The molecule has 1 unspecified atom stereocenters. The van der Waals surface area contributed by atoms with E-state index in [0.717, 1.165) is 36.5 Å². The first kappa shape index (κ1) is 16.6. The molecule has 1 aliphatic carbocycles. The Hall–Kier alpha value is -2.61. The van der Waals surface area contributed by atoms with Gasteiger partial charge in [0.2, 0.25) is 5.95 Å². The molecule has 3 aromatic rings. The lowest BCUT2D eigenvalue weighted by molar-refractivity contribution is 0.356. The quantitative estimate of drug-likeness (QED) is 0.682. The summed E-state index contributed by atoms with van der Waals surface area (Å²) in [6.45, 7) is 2.81. The predicted molar refractivity (Wildman–Crippen MR) is 101 cm³/mol. The number of halogens is 1. The smallest absolute Gasteiger partial charge is 0.228 e. The third kappa shape index (κ3) is 3.25. The zero-order valence-corrected chi connectivity index (χ0v) is 15.7. The monoisotopic (exact) mass is 385 g/mol. The average molecular weight is 386 g/mol. The highest BCUT2D eigenvalue weighted by molar-refractivity contribution is 6.32. The van der Waals surface area contributed by atoms with Crippen LogP contribution in [0.1, 0.15) is 54.8 Å². The zero-order valence-electron chi connectivity index (χ0n) is 14.9. The van der Waals surface area contributed by atoms with Gasteiger partial charge < -0.3 is 14.7 Å². The van der Waals surface area contributed by atoms with Crippen molar-refractivity contribution in [3.8, 4) is 0 Å². The molecular weight excluding hydrogens is 366 g/mol. The molecule has 2 fully saturated rings. The van der Waals surface area contributed by atoms with Crippen LogP contribution < -0.4 is 10.2 Å². The van der Waals surface area contributed by atoms with Gasteiger partial charge in [-0.25, -0.2) is 4.98 Å². The van der Waals surface area contributed by atoms with Crippen molar-refractivity contribution in [2.45, 2.75) is 44.6 Å². The molecule has 2 aliphatic rings. The van der Waals surface area contributed by atoms with Crippen LogP contribution in [0.4, 0.5) is 17.6 Å². The fourth-order valence-corrected chi connectivity index (χ4v) is 3.66. The highest BCUT2D eigenvalue weighted by Gasteiger charge is 2.34. The van der Waals surface area contributed by atoms with Crippen molar-refractivity contribution < 1.29 is 4.52 Å². The number of aromatic amines is 1. The number of aromatic nitrogens is 5. The van der Waals surface area contributed by atoms with Crippen LogP contribution in [-0.4, -0.2) is 31.9 Å². The Labute approximate surface area is 161 Å². The number of aryl methyl sites for hydroxylation is 1. The molecule has 1 saturated carbocycles. The molecule has 1 saturated heterocycles. The predicted octanol–water partition coefficient (Wildman–Crippen LogP) is 4.11. The summed E-state index contributed by atoms with van der Waals surface area (Å²) >= 11 is 6.29. The minimum absolute atomic E-state index is 0.103. The van der Waals surface area contributed by atoms with E-state index >= 15 is 0 Å². The van der Waals surface area contributed by atoms with Gasteiger partial charge in [0.15, 0.2) is 17.4 Å². The first-order valence-electron chi connectivity index (χ1n) is 9.22. The zero-order chi connectivity index (χ0) is 18.4. The highest BCUT2D eigenvalue weighted by Crippen LogP contribution is 2.42. The Kier molecular flexibility index (Phi) is 4.00. The van der Waals surface area contributed by atoms with Gasteiger partial charge in [-0.15, -0.1) is 0 Å². The second-order valence-corrected chi connectivity index (χ2v) is 7.61. The summed E-state index contributed by atoms with van der Waals surface area (Å²) in [5.41, 5.74) is 2.03. The Morgan fingerprint density at radius 3 is 2.96 bits per heavy atom. The summed E-state index contributed by atoms with van der Waals surface area (Å²) in [4.78, 5) is 11.3. The van der Waals surface area contributed by atoms with E-state index in [0.29, 0.717) is 28.5 Å². The van der Waals surface area contributed by atoms with Crippen LogP contribution in [0.25, 0.3) is 0 Å². The Morgan fingerprint density at radius 2 is 2.19 bits per heavy atom. The molecular formula is C18H20ClN7O. The molecule has 3 aromatic heterocycles. The van der Waals surface area contributed by atoms with Crippen molar-refractivity contribution in [1.82, 2.24) is 25.3 Å². The molecule has 0 spiro atoms. The summed E-state index contributed by atoms with van der Waals surface area (Å²) in [5.74, 6) is 3.31. The number of hydrogen-bond donors (Lipinski definition) is 2. The van der Waals surface area contributed by atoms with E-state index in [2.05, 4.69) is 41.6 Å². The number of nitrogens with zero attached hydrogens (tertiary/aromatic N) is 5. The molecule has 0 aromatic carbocycles. The Morgan fingerprint density at radius 1 is 1.30 bits per heavy atom. The third-order valence-corrected chi connectivity index (χ3v) is 5.34. The summed E-state index contributed by atoms with van der Waals surface area (Å²) in [6.07, 6.45) is 6.09. The van der Waals surface area contributed by atoms with Crippen LogP contribution in [0.3, 0.4) is 0 Å². The first-order chi connectivity index (χ1) is 13.2. The standard InChI is InChI=1S/C18H20ClN7O/c1-10-7-16(24-23-10)21-17-12(19)9-20-18(22-17)26-6-2-3-14(26)15-8-13(25-27-15)11-4-5-11/h7-9,11,14H,2-6H2,1H3,(H2,20,21,22,23,24). The molecule has 4 heterocycles. The number of nitrogens with one attached hydrogen (secondary N) is 2. The van der Waals surface area contributed by atoms with Gasteiger partial charge in [0.1, 0.15) is 5.02 Å². The molecule has 5 rings (SSSR count). The van der Waals surface area contributed by atoms with Crippen LogP contribution in [0.15, 0.2) is 22.9 Å². The lowest BCUT2D eigenvalue weighted by Gasteiger charge is -2.23. The molecule has 0 amide bonds. The van der Waals surface area contributed by atoms with Crippen LogP contribution in [0, 0.1) is 6.92 Å². The molecule has 0 bridgehead atoms. The minimum atomic E-state index is 0.103. The first-order valence-corrected chi connectivity index (χ1v) is 9.60. The highest BCUT2D eigenvalue weighted by atomic mass is 35.5. The molecule has 27 heavy (non-hydrogen) atoms. The van der Waals surface area contributed by atoms with E-state index in [9.17, 15) is 0 Å².